The van der Waals surface area contributed by atoms with Crippen LogP contribution in [0.15, 0.2) is 16.6 Å². The molecule has 0 aromatic carbocycles. The molecule has 0 amide bonds. The lowest BCUT2D eigenvalue weighted by Crippen LogP contribution is -2.51. The van der Waals surface area contributed by atoms with Crippen molar-refractivity contribution in [1.82, 2.24) is 14.8 Å². The fourth-order valence-electron chi connectivity index (χ4n) is 3.71. The van der Waals surface area contributed by atoms with Crippen molar-refractivity contribution in [3.8, 4) is 0 Å². The highest BCUT2D eigenvalue weighted by atomic mass is 127. The maximum atomic E-state index is 6.19. The molecule has 1 aromatic rings. The Morgan fingerprint density at radius 3 is 2.73 bits per heavy atom. The van der Waals surface area contributed by atoms with Gasteiger partial charge in [-0.25, -0.2) is 4.98 Å². The molecule has 0 bridgehead atoms. The van der Waals surface area contributed by atoms with Gasteiger partial charge in [-0.3, -0.25) is 4.99 Å². The zero-order valence-corrected chi connectivity index (χ0v) is 19.0. The number of hydrogen-bond donors (Lipinski definition) is 1. The summed E-state index contributed by atoms with van der Waals surface area (Å²) in [4.78, 5) is 16.2. The molecule has 3 rings (SSSR count). The molecule has 0 radical (unpaired) electrons. The first-order chi connectivity index (χ1) is 12.2. The van der Waals surface area contributed by atoms with E-state index in [1.165, 1.54) is 38.8 Å². The van der Waals surface area contributed by atoms with Gasteiger partial charge in [0.15, 0.2) is 11.1 Å². The number of nitrogens with zero attached hydrogens (tertiary/aromatic N) is 5. The molecule has 6 nitrogen and oxygen atoms in total. The zero-order valence-electron chi connectivity index (χ0n) is 15.8. The van der Waals surface area contributed by atoms with E-state index >= 15 is 0 Å². The van der Waals surface area contributed by atoms with Crippen molar-refractivity contribution in [2.45, 2.75) is 45.1 Å². The van der Waals surface area contributed by atoms with E-state index in [4.69, 9.17) is 5.73 Å². The lowest BCUT2D eigenvalue weighted by Gasteiger charge is -2.35. The van der Waals surface area contributed by atoms with Gasteiger partial charge in [0.2, 0.25) is 0 Å². The first kappa shape index (κ1) is 21.7. The molecule has 148 valence electrons. The minimum absolute atomic E-state index is 0. The molecule has 2 N–H and O–H groups in total. The summed E-state index contributed by atoms with van der Waals surface area (Å²) in [5, 5.41) is 3.14. The Hall–Kier alpha value is -0.610. The summed E-state index contributed by atoms with van der Waals surface area (Å²) in [5.74, 6) is 0.713. The quantitative estimate of drug-likeness (QED) is 0.287. The van der Waals surface area contributed by atoms with Crippen molar-refractivity contribution in [3.05, 3.63) is 11.6 Å². The second kappa shape index (κ2) is 11.3. The fourth-order valence-corrected chi connectivity index (χ4v) is 4.41. The van der Waals surface area contributed by atoms with E-state index in [1.807, 2.05) is 11.6 Å². The molecule has 2 fully saturated rings. The monoisotopic (exact) mass is 492 g/mol. The average molecular weight is 492 g/mol. The topological polar surface area (TPSA) is 61.0 Å². The smallest absolute Gasteiger partial charge is 0.191 e. The number of guanidine groups is 1. The van der Waals surface area contributed by atoms with Crippen LogP contribution >= 0.6 is 35.3 Å². The third kappa shape index (κ3) is 6.23. The lowest BCUT2D eigenvalue weighted by atomic mass is 10.0. The Morgan fingerprint density at radius 1 is 1.23 bits per heavy atom. The van der Waals surface area contributed by atoms with E-state index in [0.29, 0.717) is 5.96 Å². The molecule has 0 saturated carbocycles. The van der Waals surface area contributed by atoms with Gasteiger partial charge in [-0.05, 0) is 45.7 Å². The number of nitrogens with two attached hydrogens (primary N) is 1. The first-order valence-electron chi connectivity index (χ1n) is 9.67. The van der Waals surface area contributed by atoms with E-state index < -0.39 is 0 Å². The van der Waals surface area contributed by atoms with Gasteiger partial charge in [0.05, 0.1) is 0 Å². The molecular formula is C18H33IN6S. The normalized spacial score (nSPS) is 22.3. The third-order valence-corrected chi connectivity index (χ3v) is 6.19. The highest BCUT2D eigenvalue weighted by molar-refractivity contribution is 14.0. The molecule has 8 heteroatoms. The number of likely N-dealkylation sites (tertiary alicyclic amines) is 1. The van der Waals surface area contributed by atoms with Crippen molar-refractivity contribution < 1.29 is 0 Å². The van der Waals surface area contributed by atoms with Crippen LogP contribution in [0.5, 0.6) is 0 Å². The average Bonchev–Trinajstić information content (AvgIpc) is 3.17. The van der Waals surface area contributed by atoms with Crippen LogP contribution < -0.4 is 10.6 Å². The van der Waals surface area contributed by atoms with Crippen molar-refractivity contribution >= 4 is 46.4 Å². The molecule has 1 atom stereocenters. The van der Waals surface area contributed by atoms with Gasteiger partial charge >= 0.3 is 0 Å². The molecule has 3 heterocycles. The molecule has 0 spiro atoms. The van der Waals surface area contributed by atoms with Gasteiger partial charge in [-0.15, -0.1) is 35.3 Å². The number of halogens is 1. The standard InChI is InChI=1S/C18H32N6S.HI/c1-16-6-2-4-9-22(16)10-5-3-7-20-17(19)23-11-13-24(14-12-23)18-21-8-15-25-18;/h8,15-16H,2-7,9-14H2,1H3,(H2,19,20);1H. The molecule has 1 aromatic heterocycles. The van der Waals surface area contributed by atoms with Crippen molar-refractivity contribution in [3.63, 3.8) is 0 Å². The molecule has 2 saturated heterocycles. The number of anilines is 1. The number of aromatic nitrogens is 1. The number of piperazine rings is 1. The molecule has 0 aliphatic carbocycles. The van der Waals surface area contributed by atoms with Crippen LogP contribution in [-0.4, -0.2) is 72.6 Å². The van der Waals surface area contributed by atoms with Crippen molar-refractivity contribution in [2.75, 3.05) is 50.7 Å². The van der Waals surface area contributed by atoms with Gasteiger partial charge in [-0.1, -0.05) is 6.42 Å². The Balaban J connectivity index is 0.00000243. The summed E-state index contributed by atoms with van der Waals surface area (Å²) < 4.78 is 0. The highest BCUT2D eigenvalue weighted by Crippen LogP contribution is 2.19. The van der Waals surface area contributed by atoms with Gasteiger partial charge in [-0.2, -0.15) is 0 Å². The summed E-state index contributed by atoms with van der Waals surface area (Å²) in [7, 11) is 0. The fraction of sp³-hybridized carbons (Fsp3) is 0.778. The van der Waals surface area contributed by atoms with E-state index in [2.05, 4.69) is 31.6 Å². The second-order valence-electron chi connectivity index (χ2n) is 7.12. The summed E-state index contributed by atoms with van der Waals surface area (Å²) >= 11 is 1.70. The summed E-state index contributed by atoms with van der Waals surface area (Å²) in [6, 6.07) is 0.761. The Morgan fingerprint density at radius 2 is 2.04 bits per heavy atom. The van der Waals surface area contributed by atoms with Crippen LogP contribution in [0, 0.1) is 0 Å². The summed E-state index contributed by atoms with van der Waals surface area (Å²) in [6.07, 6.45) is 8.34. The maximum Gasteiger partial charge on any atom is 0.191 e. The molecule has 1 unspecified atom stereocenters. The van der Waals surface area contributed by atoms with Gasteiger partial charge in [0.1, 0.15) is 0 Å². The van der Waals surface area contributed by atoms with E-state index in [9.17, 15) is 0 Å². The van der Waals surface area contributed by atoms with Crippen LogP contribution in [0.1, 0.15) is 39.0 Å². The van der Waals surface area contributed by atoms with Gasteiger partial charge < -0.3 is 20.4 Å². The summed E-state index contributed by atoms with van der Waals surface area (Å²) in [6.45, 7) is 9.49. The predicted molar refractivity (Wildman–Crippen MR) is 122 cm³/mol. The number of hydrogen-bond acceptors (Lipinski definition) is 5. The number of thiazole rings is 1. The number of piperidine rings is 1. The van der Waals surface area contributed by atoms with Gasteiger partial charge in [0, 0.05) is 50.3 Å². The van der Waals surface area contributed by atoms with E-state index in [1.54, 1.807) is 11.3 Å². The van der Waals surface area contributed by atoms with E-state index in [-0.39, 0.29) is 24.0 Å². The SMILES string of the molecule is CC1CCCCN1CCCCN=C(N)N1CCN(c2nccs2)CC1.I. The second-order valence-corrected chi connectivity index (χ2v) is 7.99. The Kier molecular flexibility index (Phi) is 9.41. The van der Waals surface area contributed by atoms with Crippen molar-refractivity contribution in [1.29, 1.82) is 0 Å². The highest BCUT2D eigenvalue weighted by Gasteiger charge is 2.20. The molecule has 26 heavy (non-hydrogen) atoms. The molecule has 2 aliphatic rings. The van der Waals surface area contributed by atoms with Crippen LogP contribution in [0.4, 0.5) is 5.13 Å². The summed E-state index contributed by atoms with van der Waals surface area (Å²) in [5.41, 5.74) is 6.19. The molecular weight excluding hydrogens is 459 g/mol. The van der Waals surface area contributed by atoms with Crippen LogP contribution in [0.25, 0.3) is 0 Å². The number of rotatable bonds is 6. The van der Waals surface area contributed by atoms with Crippen LogP contribution in [0.2, 0.25) is 0 Å². The number of aliphatic imine (C=N–C) groups is 1. The zero-order chi connectivity index (χ0) is 17.5. The van der Waals surface area contributed by atoms with Crippen LogP contribution in [0.3, 0.4) is 0 Å². The Labute approximate surface area is 178 Å². The molecule has 2 aliphatic heterocycles. The lowest BCUT2D eigenvalue weighted by molar-refractivity contribution is 0.158. The largest absolute Gasteiger partial charge is 0.370 e. The number of unbranched alkanes of at least 4 members (excludes halogenated alkanes) is 1. The first-order valence-corrected chi connectivity index (χ1v) is 10.6. The van der Waals surface area contributed by atoms with Crippen LogP contribution in [-0.2, 0) is 0 Å². The maximum absolute atomic E-state index is 6.19. The third-order valence-electron chi connectivity index (χ3n) is 5.36. The minimum Gasteiger partial charge on any atom is -0.370 e. The van der Waals surface area contributed by atoms with Gasteiger partial charge in [0.25, 0.3) is 0 Å². The van der Waals surface area contributed by atoms with Crippen molar-refractivity contribution in [2.24, 2.45) is 10.7 Å². The minimum atomic E-state index is 0. The predicted octanol–water partition coefficient (Wildman–Crippen LogP) is 2.85. The van der Waals surface area contributed by atoms with E-state index in [0.717, 1.165) is 50.3 Å². The Bertz CT molecular complexity index is 530.